The molecule has 0 aromatic carbocycles. The Morgan fingerprint density at radius 3 is 2.59 bits per heavy atom. The van der Waals surface area contributed by atoms with Crippen LogP contribution in [0.1, 0.15) is 36.8 Å². The van der Waals surface area contributed by atoms with Crippen molar-refractivity contribution in [2.75, 3.05) is 0 Å². The first kappa shape index (κ1) is 13.2. The Labute approximate surface area is 99.6 Å². The first-order valence-electron chi connectivity index (χ1n) is 5.36. The average molecular weight is 239 g/mol. The van der Waals surface area contributed by atoms with Gasteiger partial charge >= 0.3 is 5.97 Å². The van der Waals surface area contributed by atoms with Crippen molar-refractivity contribution in [3.8, 4) is 0 Å². The summed E-state index contributed by atoms with van der Waals surface area (Å²) < 4.78 is 1.54. The largest absolute Gasteiger partial charge is 0.480 e. The van der Waals surface area contributed by atoms with Gasteiger partial charge in [0.2, 0.25) is 0 Å². The molecular weight excluding hydrogens is 222 g/mol. The maximum atomic E-state index is 11.9. The summed E-state index contributed by atoms with van der Waals surface area (Å²) in [4.78, 5) is 22.8. The first-order valence-corrected chi connectivity index (χ1v) is 5.36. The van der Waals surface area contributed by atoms with Gasteiger partial charge in [-0.15, -0.1) is 0 Å². The van der Waals surface area contributed by atoms with Crippen LogP contribution in [0.15, 0.2) is 6.20 Å². The van der Waals surface area contributed by atoms with Gasteiger partial charge in [-0.2, -0.15) is 5.10 Å². The van der Waals surface area contributed by atoms with Gasteiger partial charge in [0.1, 0.15) is 5.54 Å². The van der Waals surface area contributed by atoms with Crippen molar-refractivity contribution in [2.45, 2.75) is 32.7 Å². The number of aliphatic carboxylic acids is 1. The van der Waals surface area contributed by atoms with Gasteiger partial charge in [-0.3, -0.25) is 9.48 Å². The number of hydrogen-bond donors (Lipinski definition) is 2. The normalized spacial score (nSPS) is 11.3. The number of nitrogens with one attached hydrogen (secondary N) is 1. The molecule has 0 bridgehead atoms. The molecular formula is C11H17N3O3. The molecule has 0 unspecified atom stereocenters. The van der Waals surface area contributed by atoms with Crippen LogP contribution in [0, 0.1) is 0 Å². The molecule has 0 fully saturated rings. The summed E-state index contributed by atoms with van der Waals surface area (Å²) in [5.74, 6) is -1.49. The summed E-state index contributed by atoms with van der Waals surface area (Å²) >= 11 is 0. The van der Waals surface area contributed by atoms with Gasteiger partial charge in [-0.1, -0.05) is 6.92 Å². The second kappa shape index (κ2) is 4.57. The fourth-order valence-electron chi connectivity index (χ4n) is 1.39. The zero-order valence-corrected chi connectivity index (χ0v) is 10.4. The number of rotatable bonds is 4. The van der Waals surface area contributed by atoms with Crippen molar-refractivity contribution in [3.63, 3.8) is 0 Å². The predicted molar refractivity (Wildman–Crippen MR) is 61.8 cm³/mol. The minimum atomic E-state index is -1.29. The van der Waals surface area contributed by atoms with Gasteiger partial charge in [0, 0.05) is 13.2 Å². The molecule has 2 N–H and O–H groups in total. The summed E-state index contributed by atoms with van der Waals surface area (Å²) in [6, 6.07) is 0. The summed E-state index contributed by atoms with van der Waals surface area (Å²) in [7, 11) is 1.72. The molecule has 0 aliphatic rings. The van der Waals surface area contributed by atoms with Crippen molar-refractivity contribution >= 4 is 11.9 Å². The predicted octanol–water partition coefficient (Wildman–Crippen LogP) is 0.575. The van der Waals surface area contributed by atoms with E-state index in [1.54, 1.807) is 17.9 Å². The van der Waals surface area contributed by atoms with Crippen LogP contribution in [-0.2, 0) is 18.3 Å². The molecule has 0 aliphatic carbocycles. The highest BCUT2D eigenvalue weighted by atomic mass is 16.4. The van der Waals surface area contributed by atoms with E-state index in [1.165, 1.54) is 13.8 Å². The van der Waals surface area contributed by atoms with Gasteiger partial charge in [0.05, 0.1) is 11.3 Å². The number of aryl methyl sites for hydroxylation is 2. The Kier molecular flexibility index (Phi) is 3.55. The molecule has 0 atom stereocenters. The van der Waals surface area contributed by atoms with E-state index in [2.05, 4.69) is 10.4 Å². The maximum absolute atomic E-state index is 11.9. The van der Waals surface area contributed by atoms with Crippen molar-refractivity contribution in [2.24, 2.45) is 7.05 Å². The minimum absolute atomic E-state index is 0.414. The van der Waals surface area contributed by atoms with E-state index >= 15 is 0 Å². The van der Waals surface area contributed by atoms with Crippen LogP contribution < -0.4 is 5.32 Å². The summed E-state index contributed by atoms with van der Waals surface area (Å²) in [6.07, 6.45) is 2.21. The Morgan fingerprint density at radius 1 is 1.53 bits per heavy atom. The Hall–Kier alpha value is -1.85. The fraction of sp³-hybridized carbons (Fsp3) is 0.545. The van der Waals surface area contributed by atoms with Crippen molar-refractivity contribution in [3.05, 3.63) is 17.5 Å². The number of carboxylic acid groups (broad SMARTS) is 1. The molecule has 17 heavy (non-hydrogen) atoms. The van der Waals surface area contributed by atoms with Crippen LogP contribution in [0.5, 0.6) is 0 Å². The van der Waals surface area contributed by atoms with E-state index in [0.717, 1.165) is 0 Å². The molecule has 1 amide bonds. The van der Waals surface area contributed by atoms with E-state index in [1.807, 2.05) is 6.92 Å². The maximum Gasteiger partial charge on any atom is 0.328 e. The van der Waals surface area contributed by atoms with Gasteiger partial charge in [0.15, 0.2) is 0 Å². The van der Waals surface area contributed by atoms with E-state index < -0.39 is 17.4 Å². The number of carboxylic acids is 1. The van der Waals surface area contributed by atoms with E-state index in [0.29, 0.717) is 17.7 Å². The standard InChI is InChI=1S/C11H17N3O3/c1-5-8-7(6-14(4)13-8)9(15)12-11(2,3)10(16)17/h6H,5H2,1-4H3,(H,12,15)(H,16,17). The molecule has 6 nitrogen and oxygen atoms in total. The third-order valence-corrected chi connectivity index (χ3v) is 2.45. The second-order valence-corrected chi connectivity index (χ2v) is 4.40. The lowest BCUT2D eigenvalue weighted by molar-refractivity contribution is -0.143. The van der Waals surface area contributed by atoms with Crippen LogP contribution in [0.4, 0.5) is 0 Å². The molecule has 0 saturated carbocycles. The van der Waals surface area contributed by atoms with Gasteiger partial charge in [-0.25, -0.2) is 4.79 Å². The van der Waals surface area contributed by atoms with E-state index in [4.69, 9.17) is 5.11 Å². The molecule has 1 aromatic rings. The fourth-order valence-corrected chi connectivity index (χ4v) is 1.39. The minimum Gasteiger partial charge on any atom is -0.480 e. The Morgan fingerprint density at radius 2 is 2.12 bits per heavy atom. The Balaban J connectivity index is 2.94. The number of aromatic nitrogens is 2. The number of amides is 1. The highest BCUT2D eigenvalue weighted by molar-refractivity contribution is 5.98. The van der Waals surface area contributed by atoms with Crippen LogP contribution in [0.25, 0.3) is 0 Å². The van der Waals surface area contributed by atoms with Crippen LogP contribution in [-0.4, -0.2) is 32.3 Å². The first-order chi connectivity index (χ1) is 7.77. The van der Waals surface area contributed by atoms with E-state index in [9.17, 15) is 9.59 Å². The molecule has 6 heteroatoms. The molecule has 0 spiro atoms. The van der Waals surface area contributed by atoms with Gasteiger partial charge in [0.25, 0.3) is 5.91 Å². The number of carbonyl (C=O) groups is 2. The lowest BCUT2D eigenvalue weighted by atomic mass is 10.1. The smallest absolute Gasteiger partial charge is 0.328 e. The monoisotopic (exact) mass is 239 g/mol. The Bertz CT molecular complexity index is 449. The third-order valence-electron chi connectivity index (χ3n) is 2.45. The summed E-state index contributed by atoms with van der Waals surface area (Å²) in [5, 5.41) is 15.5. The zero-order chi connectivity index (χ0) is 13.2. The summed E-state index contributed by atoms with van der Waals surface area (Å²) in [5.41, 5.74) is -0.215. The molecule has 1 heterocycles. The summed E-state index contributed by atoms with van der Waals surface area (Å²) in [6.45, 7) is 4.77. The lowest BCUT2D eigenvalue weighted by Crippen LogP contribution is -2.49. The lowest BCUT2D eigenvalue weighted by Gasteiger charge is -2.20. The highest BCUT2D eigenvalue weighted by Crippen LogP contribution is 2.10. The number of nitrogens with zero attached hydrogens (tertiary/aromatic N) is 2. The third kappa shape index (κ3) is 2.83. The van der Waals surface area contributed by atoms with E-state index in [-0.39, 0.29) is 0 Å². The van der Waals surface area contributed by atoms with Gasteiger partial charge < -0.3 is 10.4 Å². The zero-order valence-electron chi connectivity index (χ0n) is 10.4. The van der Waals surface area contributed by atoms with Crippen LogP contribution >= 0.6 is 0 Å². The average Bonchev–Trinajstić information content (AvgIpc) is 2.58. The van der Waals surface area contributed by atoms with Crippen LogP contribution in [0.2, 0.25) is 0 Å². The number of hydrogen-bond acceptors (Lipinski definition) is 3. The molecule has 0 radical (unpaired) electrons. The molecule has 94 valence electrons. The van der Waals surface area contributed by atoms with Crippen molar-refractivity contribution < 1.29 is 14.7 Å². The van der Waals surface area contributed by atoms with Crippen molar-refractivity contribution in [1.29, 1.82) is 0 Å². The van der Waals surface area contributed by atoms with Crippen LogP contribution in [0.3, 0.4) is 0 Å². The highest BCUT2D eigenvalue weighted by Gasteiger charge is 2.30. The van der Waals surface area contributed by atoms with Gasteiger partial charge in [-0.05, 0) is 20.3 Å². The molecule has 0 saturated heterocycles. The second-order valence-electron chi connectivity index (χ2n) is 4.40. The SMILES string of the molecule is CCc1nn(C)cc1C(=O)NC(C)(C)C(=O)O. The molecule has 1 rings (SSSR count). The van der Waals surface area contributed by atoms with Crippen molar-refractivity contribution in [1.82, 2.24) is 15.1 Å². The topological polar surface area (TPSA) is 84.2 Å². The molecule has 1 aromatic heterocycles. The molecule has 0 aliphatic heterocycles. The quantitative estimate of drug-likeness (QED) is 0.804. The number of carbonyl (C=O) groups excluding carboxylic acids is 1.